The fourth-order valence-electron chi connectivity index (χ4n) is 2.24. The molecule has 0 fully saturated rings. The van der Waals surface area contributed by atoms with Crippen LogP contribution in [0.15, 0.2) is 54.6 Å². The molecule has 2 N–H and O–H groups in total. The van der Waals surface area contributed by atoms with Crippen LogP contribution in [0.5, 0.6) is 0 Å². The van der Waals surface area contributed by atoms with Crippen LogP contribution in [0.1, 0.15) is 18.9 Å². The van der Waals surface area contributed by atoms with E-state index < -0.39 is 0 Å². The molecule has 0 aromatic heterocycles. The minimum absolute atomic E-state index is 0.0307. The molecule has 1 unspecified atom stereocenters. The number of nitrogens with one attached hydrogen (secondary N) is 2. The lowest BCUT2D eigenvalue weighted by molar-refractivity contribution is -0.116. The summed E-state index contributed by atoms with van der Waals surface area (Å²) in [5.41, 5.74) is 1.49. The average Bonchev–Trinajstić information content (AvgIpc) is 2.50. The molecule has 2 aromatic carbocycles. The number of carbonyl (C=O) groups is 1. The number of carbonyl (C=O) groups excluding carboxylic acids is 1. The van der Waals surface area contributed by atoms with Crippen LogP contribution in [0, 0.1) is 5.82 Å². The third-order valence-corrected chi connectivity index (χ3v) is 3.39. The summed E-state index contributed by atoms with van der Waals surface area (Å²) in [7, 11) is 0. The van der Waals surface area contributed by atoms with Gasteiger partial charge in [-0.2, -0.15) is 0 Å². The molecule has 3 nitrogen and oxygen atoms in total. The molecular weight excluding hydrogens is 279 g/mol. The molecule has 116 valence electrons. The average molecular weight is 300 g/mol. The zero-order chi connectivity index (χ0) is 15.8. The number of amides is 1. The maximum Gasteiger partial charge on any atom is 0.225 e. The van der Waals surface area contributed by atoms with E-state index in [1.54, 1.807) is 12.1 Å². The Morgan fingerprint density at radius 1 is 1.09 bits per heavy atom. The van der Waals surface area contributed by atoms with Gasteiger partial charge in [0.15, 0.2) is 0 Å². The van der Waals surface area contributed by atoms with Crippen molar-refractivity contribution in [3.05, 3.63) is 66.0 Å². The van der Waals surface area contributed by atoms with Crippen molar-refractivity contribution >= 4 is 11.6 Å². The van der Waals surface area contributed by atoms with E-state index in [4.69, 9.17) is 0 Å². The molecule has 2 rings (SSSR count). The second-order valence-corrected chi connectivity index (χ2v) is 5.31. The molecule has 2 aromatic rings. The Balaban J connectivity index is 1.70. The maximum atomic E-state index is 13.6. The van der Waals surface area contributed by atoms with Gasteiger partial charge in [0, 0.05) is 24.7 Å². The van der Waals surface area contributed by atoms with Gasteiger partial charge in [-0.15, -0.1) is 0 Å². The van der Waals surface area contributed by atoms with Gasteiger partial charge >= 0.3 is 0 Å². The van der Waals surface area contributed by atoms with Gasteiger partial charge in [0.05, 0.1) is 0 Å². The molecule has 0 radical (unpaired) electrons. The molecule has 0 aliphatic carbocycles. The number of hydrogen-bond acceptors (Lipinski definition) is 2. The third-order valence-electron chi connectivity index (χ3n) is 3.39. The minimum Gasteiger partial charge on any atom is -0.326 e. The zero-order valence-electron chi connectivity index (χ0n) is 12.7. The van der Waals surface area contributed by atoms with Crippen LogP contribution >= 0.6 is 0 Å². The summed E-state index contributed by atoms with van der Waals surface area (Å²) in [6, 6.07) is 16.3. The van der Waals surface area contributed by atoms with Crippen molar-refractivity contribution in [2.24, 2.45) is 0 Å². The Morgan fingerprint density at radius 3 is 2.50 bits per heavy atom. The van der Waals surface area contributed by atoms with Gasteiger partial charge in [0.1, 0.15) is 5.82 Å². The van der Waals surface area contributed by atoms with Crippen LogP contribution in [-0.2, 0) is 11.2 Å². The Hall–Kier alpha value is -2.20. The Bertz CT molecular complexity index is 601. The van der Waals surface area contributed by atoms with E-state index in [2.05, 4.69) is 10.6 Å². The van der Waals surface area contributed by atoms with Gasteiger partial charge < -0.3 is 10.6 Å². The van der Waals surface area contributed by atoms with Crippen LogP contribution in [0.4, 0.5) is 10.1 Å². The Labute approximate surface area is 130 Å². The summed E-state index contributed by atoms with van der Waals surface area (Å²) in [5, 5.41) is 6.08. The van der Waals surface area contributed by atoms with Crippen LogP contribution in [0.3, 0.4) is 0 Å². The molecule has 0 saturated carbocycles. The second-order valence-electron chi connectivity index (χ2n) is 5.31. The third kappa shape index (κ3) is 5.30. The summed E-state index contributed by atoms with van der Waals surface area (Å²) >= 11 is 0. The largest absolute Gasteiger partial charge is 0.326 e. The van der Waals surface area contributed by atoms with E-state index in [-0.39, 0.29) is 17.8 Å². The van der Waals surface area contributed by atoms with E-state index in [0.29, 0.717) is 24.9 Å². The van der Waals surface area contributed by atoms with Gasteiger partial charge in [-0.3, -0.25) is 4.79 Å². The summed E-state index contributed by atoms with van der Waals surface area (Å²) in [4.78, 5) is 11.8. The minimum atomic E-state index is -0.182. The second kappa shape index (κ2) is 8.29. The lowest BCUT2D eigenvalue weighted by Gasteiger charge is -2.14. The smallest absolute Gasteiger partial charge is 0.225 e. The summed E-state index contributed by atoms with van der Waals surface area (Å²) in [5.74, 6) is -0.213. The fraction of sp³-hybridized carbons (Fsp3) is 0.278. The van der Waals surface area contributed by atoms with Crippen molar-refractivity contribution < 1.29 is 9.18 Å². The number of para-hydroxylation sites is 1. The Morgan fingerprint density at radius 2 is 1.77 bits per heavy atom. The highest BCUT2D eigenvalue weighted by Gasteiger charge is 2.08. The summed E-state index contributed by atoms with van der Waals surface area (Å²) in [6.45, 7) is 2.55. The number of rotatable bonds is 7. The van der Waals surface area contributed by atoms with Gasteiger partial charge in [0.2, 0.25) is 5.91 Å². The standard InChI is InChI=1S/C18H21FN2O/c1-14(13-15-7-5-6-10-17(15)19)20-12-11-18(22)21-16-8-3-2-4-9-16/h2-10,14,20H,11-13H2,1H3,(H,21,22). The number of hydrogen-bond donors (Lipinski definition) is 2. The van der Waals surface area contributed by atoms with Crippen LogP contribution in [0.25, 0.3) is 0 Å². The molecule has 4 heteroatoms. The van der Waals surface area contributed by atoms with Gasteiger partial charge in [-0.05, 0) is 37.1 Å². The van der Waals surface area contributed by atoms with Crippen LogP contribution in [0.2, 0.25) is 0 Å². The highest BCUT2D eigenvalue weighted by Crippen LogP contribution is 2.09. The van der Waals surface area contributed by atoms with Crippen molar-refractivity contribution in [1.29, 1.82) is 0 Å². The van der Waals surface area contributed by atoms with Crippen LogP contribution in [-0.4, -0.2) is 18.5 Å². The first kappa shape index (κ1) is 16.2. The van der Waals surface area contributed by atoms with Gasteiger partial charge in [0.25, 0.3) is 0 Å². The molecule has 0 aliphatic rings. The molecule has 0 spiro atoms. The first-order valence-corrected chi connectivity index (χ1v) is 7.47. The summed E-state index contributed by atoms with van der Waals surface area (Å²) in [6.07, 6.45) is 0.990. The first-order valence-electron chi connectivity index (χ1n) is 7.47. The number of benzene rings is 2. The van der Waals surface area contributed by atoms with E-state index in [0.717, 1.165) is 5.69 Å². The van der Waals surface area contributed by atoms with Crippen molar-refractivity contribution in [3.63, 3.8) is 0 Å². The van der Waals surface area contributed by atoms with Crippen LogP contribution < -0.4 is 10.6 Å². The van der Waals surface area contributed by atoms with Gasteiger partial charge in [-0.1, -0.05) is 36.4 Å². The molecule has 22 heavy (non-hydrogen) atoms. The van der Waals surface area contributed by atoms with E-state index in [9.17, 15) is 9.18 Å². The predicted molar refractivity (Wildman–Crippen MR) is 87.3 cm³/mol. The first-order chi connectivity index (χ1) is 10.6. The van der Waals surface area contributed by atoms with Crippen molar-refractivity contribution in [1.82, 2.24) is 5.32 Å². The quantitative estimate of drug-likeness (QED) is 0.823. The zero-order valence-corrected chi connectivity index (χ0v) is 12.7. The van der Waals surface area contributed by atoms with E-state index in [1.807, 2.05) is 43.3 Å². The number of anilines is 1. The molecular formula is C18H21FN2O. The predicted octanol–water partition coefficient (Wildman–Crippen LogP) is 3.38. The highest BCUT2D eigenvalue weighted by molar-refractivity contribution is 5.90. The van der Waals surface area contributed by atoms with Crippen molar-refractivity contribution in [3.8, 4) is 0 Å². The lowest BCUT2D eigenvalue weighted by Crippen LogP contribution is -2.31. The fourth-order valence-corrected chi connectivity index (χ4v) is 2.24. The van der Waals surface area contributed by atoms with E-state index in [1.165, 1.54) is 6.07 Å². The lowest BCUT2D eigenvalue weighted by atomic mass is 10.1. The van der Waals surface area contributed by atoms with E-state index >= 15 is 0 Å². The SMILES string of the molecule is CC(Cc1ccccc1F)NCCC(=O)Nc1ccccc1. The molecule has 1 atom stereocenters. The van der Waals surface area contributed by atoms with Crippen molar-refractivity contribution in [2.75, 3.05) is 11.9 Å². The topological polar surface area (TPSA) is 41.1 Å². The number of halogens is 1. The normalized spacial score (nSPS) is 11.9. The molecule has 1 amide bonds. The monoisotopic (exact) mass is 300 g/mol. The highest BCUT2D eigenvalue weighted by atomic mass is 19.1. The molecule has 0 heterocycles. The van der Waals surface area contributed by atoms with Gasteiger partial charge in [-0.25, -0.2) is 4.39 Å². The maximum absolute atomic E-state index is 13.6. The Kier molecular flexibility index (Phi) is 6.10. The molecule has 0 saturated heterocycles. The molecule has 0 bridgehead atoms. The molecule has 0 aliphatic heterocycles. The summed E-state index contributed by atoms with van der Waals surface area (Å²) < 4.78 is 13.6. The van der Waals surface area contributed by atoms with Crippen molar-refractivity contribution in [2.45, 2.75) is 25.8 Å².